The maximum atomic E-state index is 12.6. The summed E-state index contributed by atoms with van der Waals surface area (Å²) in [4.78, 5) is 24.8. The van der Waals surface area contributed by atoms with Gasteiger partial charge in [-0.05, 0) is 62.2 Å². The fraction of sp³-hybridized carbons (Fsp3) is 0.304. The minimum absolute atomic E-state index is 0.145. The van der Waals surface area contributed by atoms with E-state index in [4.69, 9.17) is 16.3 Å². The van der Waals surface area contributed by atoms with Crippen molar-refractivity contribution in [2.24, 2.45) is 0 Å². The molecule has 2 aromatic carbocycles. The molecule has 6 nitrogen and oxygen atoms in total. The summed E-state index contributed by atoms with van der Waals surface area (Å²) in [5.41, 5.74) is 5.37. The Morgan fingerprint density at radius 2 is 1.87 bits per heavy atom. The average molecular weight is 428 g/mol. The number of amides is 2. The third-order valence-corrected chi connectivity index (χ3v) is 5.54. The molecule has 2 amide bonds. The third-order valence-electron chi connectivity index (χ3n) is 5.23. The first kappa shape index (κ1) is 21.9. The van der Waals surface area contributed by atoms with E-state index in [0.717, 1.165) is 34.3 Å². The van der Waals surface area contributed by atoms with Gasteiger partial charge in [0.15, 0.2) is 0 Å². The van der Waals surface area contributed by atoms with E-state index in [1.165, 1.54) is 0 Å². The second kappa shape index (κ2) is 9.32. The molecule has 0 atom stereocenters. The van der Waals surface area contributed by atoms with Gasteiger partial charge in [-0.2, -0.15) is 0 Å². The van der Waals surface area contributed by atoms with Crippen molar-refractivity contribution in [2.45, 2.75) is 27.3 Å². The summed E-state index contributed by atoms with van der Waals surface area (Å²) in [6.07, 6.45) is 0. The van der Waals surface area contributed by atoms with Gasteiger partial charge < -0.3 is 19.9 Å². The molecular weight excluding hydrogens is 402 g/mol. The van der Waals surface area contributed by atoms with E-state index in [1.807, 2.05) is 32.0 Å². The van der Waals surface area contributed by atoms with E-state index in [1.54, 1.807) is 25.3 Å². The Morgan fingerprint density at radius 3 is 2.57 bits per heavy atom. The highest BCUT2D eigenvalue weighted by Gasteiger charge is 2.15. The van der Waals surface area contributed by atoms with Crippen molar-refractivity contribution >= 4 is 40.0 Å². The summed E-state index contributed by atoms with van der Waals surface area (Å²) in [6, 6.07) is 10.9. The van der Waals surface area contributed by atoms with Gasteiger partial charge in [0.1, 0.15) is 0 Å². The van der Waals surface area contributed by atoms with Crippen molar-refractivity contribution in [1.29, 1.82) is 0 Å². The third kappa shape index (κ3) is 4.66. The Hall–Kier alpha value is -2.83. The molecular formula is C23H26ClN3O3. The monoisotopic (exact) mass is 427 g/mol. The van der Waals surface area contributed by atoms with Crippen LogP contribution in [0.4, 0.5) is 5.69 Å². The lowest BCUT2D eigenvalue weighted by molar-refractivity contribution is -0.115. The van der Waals surface area contributed by atoms with E-state index >= 15 is 0 Å². The van der Waals surface area contributed by atoms with Crippen molar-refractivity contribution in [3.05, 3.63) is 63.8 Å². The molecule has 30 heavy (non-hydrogen) atoms. The van der Waals surface area contributed by atoms with Crippen LogP contribution in [0, 0.1) is 20.8 Å². The predicted molar refractivity (Wildman–Crippen MR) is 120 cm³/mol. The van der Waals surface area contributed by atoms with Crippen molar-refractivity contribution < 1.29 is 14.3 Å². The molecule has 7 heteroatoms. The first-order chi connectivity index (χ1) is 14.3. The van der Waals surface area contributed by atoms with Crippen LogP contribution in [0.25, 0.3) is 10.9 Å². The molecule has 0 saturated heterocycles. The average Bonchev–Trinajstić information content (AvgIpc) is 2.96. The number of hydrogen-bond acceptors (Lipinski definition) is 3. The van der Waals surface area contributed by atoms with Crippen LogP contribution >= 0.6 is 11.6 Å². The number of halogens is 1. The molecule has 0 aliphatic carbocycles. The number of aromatic nitrogens is 1. The number of carbonyl (C=O) groups excluding carboxylic acids is 2. The molecule has 1 heterocycles. The second-order valence-electron chi connectivity index (χ2n) is 7.30. The highest BCUT2D eigenvalue weighted by Crippen LogP contribution is 2.26. The summed E-state index contributed by atoms with van der Waals surface area (Å²) in [6.45, 7) is 7.25. The molecule has 0 saturated carbocycles. The number of nitrogens with one attached hydrogen (secondary N) is 2. The highest BCUT2D eigenvalue weighted by molar-refractivity contribution is 6.33. The number of hydrogen-bond donors (Lipinski definition) is 2. The largest absolute Gasteiger partial charge is 0.383 e. The Kier molecular flexibility index (Phi) is 6.80. The van der Waals surface area contributed by atoms with Gasteiger partial charge in [0, 0.05) is 35.8 Å². The SMILES string of the molecule is COCCn1c(C)c(C)c2cc(C(=O)NCC(=O)Nc3ccc(C)cc3Cl)ccc21. The second-order valence-corrected chi connectivity index (χ2v) is 7.71. The molecule has 0 unspecified atom stereocenters. The molecule has 0 fully saturated rings. The first-order valence-corrected chi connectivity index (χ1v) is 10.1. The van der Waals surface area contributed by atoms with E-state index in [-0.39, 0.29) is 18.4 Å². The van der Waals surface area contributed by atoms with Crippen LogP contribution < -0.4 is 10.6 Å². The van der Waals surface area contributed by atoms with Crippen molar-refractivity contribution in [3.8, 4) is 0 Å². The van der Waals surface area contributed by atoms with Crippen LogP contribution in [0.1, 0.15) is 27.2 Å². The van der Waals surface area contributed by atoms with Crippen molar-refractivity contribution in [3.63, 3.8) is 0 Å². The Morgan fingerprint density at radius 1 is 1.10 bits per heavy atom. The van der Waals surface area contributed by atoms with Gasteiger partial charge in [-0.15, -0.1) is 0 Å². The van der Waals surface area contributed by atoms with Crippen molar-refractivity contribution in [2.75, 3.05) is 25.6 Å². The van der Waals surface area contributed by atoms with Crippen LogP contribution in [0.15, 0.2) is 36.4 Å². The number of carbonyl (C=O) groups is 2. The maximum absolute atomic E-state index is 12.6. The van der Waals surface area contributed by atoms with Gasteiger partial charge in [0.2, 0.25) is 5.91 Å². The molecule has 0 spiro atoms. The molecule has 2 N–H and O–H groups in total. The summed E-state index contributed by atoms with van der Waals surface area (Å²) in [5.74, 6) is -0.642. The molecule has 158 valence electrons. The van der Waals surface area contributed by atoms with Crippen molar-refractivity contribution in [1.82, 2.24) is 9.88 Å². The van der Waals surface area contributed by atoms with Crippen LogP contribution in [0.5, 0.6) is 0 Å². The molecule has 3 rings (SSSR count). The zero-order chi connectivity index (χ0) is 21.8. The number of ether oxygens (including phenoxy) is 1. The minimum Gasteiger partial charge on any atom is -0.383 e. The topological polar surface area (TPSA) is 72.4 Å². The number of fused-ring (bicyclic) bond motifs is 1. The number of methoxy groups -OCH3 is 1. The molecule has 0 radical (unpaired) electrons. The van der Waals surface area contributed by atoms with Crippen LogP contribution in [-0.2, 0) is 16.1 Å². The fourth-order valence-corrected chi connectivity index (χ4v) is 3.72. The Bertz CT molecular complexity index is 1100. The van der Waals surface area contributed by atoms with Crippen LogP contribution in [0.2, 0.25) is 5.02 Å². The number of aryl methyl sites for hydroxylation is 2. The standard InChI is InChI=1S/C23H26ClN3O3/c1-14-5-7-20(19(24)11-14)26-22(28)13-25-23(29)17-6-8-21-18(12-17)15(2)16(3)27(21)9-10-30-4/h5-8,11-12H,9-10,13H2,1-4H3,(H,25,29)(H,26,28). The van der Waals surface area contributed by atoms with Gasteiger partial charge in [-0.1, -0.05) is 17.7 Å². The zero-order valence-corrected chi connectivity index (χ0v) is 18.4. The van der Waals surface area contributed by atoms with Gasteiger partial charge in [0.05, 0.1) is 23.9 Å². The van der Waals surface area contributed by atoms with E-state index in [9.17, 15) is 9.59 Å². The number of rotatable bonds is 7. The number of benzene rings is 2. The Labute approximate surface area is 181 Å². The molecule has 1 aromatic heterocycles. The lowest BCUT2D eigenvalue weighted by atomic mass is 10.1. The number of anilines is 1. The molecule has 3 aromatic rings. The van der Waals surface area contributed by atoms with Gasteiger partial charge >= 0.3 is 0 Å². The van der Waals surface area contributed by atoms with Crippen LogP contribution in [-0.4, -0.2) is 36.6 Å². The van der Waals surface area contributed by atoms with Gasteiger partial charge in [0.25, 0.3) is 5.91 Å². The molecule has 0 aliphatic rings. The molecule has 0 bridgehead atoms. The number of nitrogens with zero attached hydrogens (tertiary/aromatic N) is 1. The lowest BCUT2D eigenvalue weighted by Gasteiger charge is -2.10. The summed E-state index contributed by atoms with van der Waals surface area (Å²) < 4.78 is 7.39. The predicted octanol–water partition coefficient (Wildman–Crippen LogP) is 4.23. The smallest absolute Gasteiger partial charge is 0.251 e. The quantitative estimate of drug-likeness (QED) is 0.592. The summed E-state index contributed by atoms with van der Waals surface area (Å²) >= 11 is 6.14. The van der Waals surface area contributed by atoms with Gasteiger partial charge in [-0.3, -0.25) is 9.59 Å². The summed E-state index contributed by atoms with van der Waals surface area (Å²) in [7, 11) is 1.68. The minimum atomic E-state index is -0.340. The van der Waals surface area contributed by atoms with E-state index in [2.05, 4.69) is 22.1 Å². The highest BCUT2D eigenvalue weighted by atomic mass is 35.5. The maximum Gasteiger partial charge on any atom is 0.251 e. The summed E-state index contributed by atoms with van der Waals surface area (Å²) in [5, 5.41) is 6.86. The van der Waals surface area contributed by atoms with E-state index < -0.39 is 0 Å². The van der Waals surface area contributed by atoms with E-state index in [0.29, 0.717) is 22.9 Å². The normalized spacial score (nSPS) is 11.0. The van der Waals surface area contributed by atoms with Gasteiger partial charge in [-0.25, -0.2) is 0 Å². The van der Waals surface area contributed by atoms with Crippen LogP contribution in [0.3, 0.4) is 0 Å². The molecule has 0 aliphatic heterocycles. The first-order valence-electron chi connectivity index (χ1n) is 9.74. The Balaban J connectivity index is 1.69. The lowest BCUT2D eigenvalue weighted by Crippen LogP contribution is -2.32. The zero-order valence-electron chi connectivity index (χ0n) is 17.6. The fourth-order valence-electron chi connectivity index (χ4n) is 3.44.